The van der Waals surface area contributed by atoms with Gasteiger partial charge in [-0.2, -0.15) is 0 Å². The maximum atomic E-state index is 11.8. The molecule has 0 spiro atoms. The Kier molecular flexibility index (Phi) is 10.4. The number of carbonyl (C=O) groups is 1. The molecule has 0 radical (unpaired) electrons. The van der Waals surface area contributed by atoms with Crippen molar-refractivity contribution in [1.29, 1.82) is 0 Å². The molecule has 1 aromatic carbocycles. The maximum Gasteiger partial charge on any atom is 0.243 e. The highest BCUT2D eigenvalue weighted by Crippen LogP contribution is 2.14. The fourth-order valence-corrected chi connectivity index (χ4v) is 2.66. The molecule has 1 aromatic rings. The molecule has 1 rings (SSSR count). The molecule has 4 N–H and O–H groups in total. The smallest absolute Gasteiger partial charge is 0.243 e. The van der Waals surface area contributed by atoms with Crippen LogP contribution in [0.25, 0.3) is 0 Å². The summed E-state index contributed by atoms with van der Waals surface area (Å²) in [6.45, 7) is 3.76. The van der Waals surface area contributed by atoms with Gasteiger partial charge in [0.25, 0.3) is 0 Å². The van der Waals surface area contributed by atoms with E-state index in [9.17, 15) is 9.90 Å². The van der Waals surface area contributed by atoms with E-state index in [1.165, 1.54) is 63.9 Å². The third-order valence-electron chi connectivity index (χ3n) is 4.36. The Labute approximate surface area is 146 Å². The van der Waals surface area contributed by atoms with Gasteiger partial charge in [0.2, 0.25) is 5.91 Å². The molecule has 24 heavy (non-hydrogen) atoms. The van der Waals surface area contributed by atoms with Crippen molar-refractivity contribution >= 4 is 11.6 Å². The highest BCUT2D eigenvalue weighted by Gasteiger charge is 2.18. The number of aliphatic hydroxyl groups is 1. The van der Waals surface area contributed by atoms with E-state index in [1.54, 1.807) is 0 Å². The molecule has 2 atom stereocenters. The minimum absolute atomic E-state index is 0.360. The van der Waals surface area contributed by atoms with E-state index >= 15 is 0 Å². The number of hydrogen-bond donors (Lipinski definition) is 3. The normalized spacial score (nSPS) is 13.5. The Morgan fingerprint density at radius 3 is 2.12 bits per heavy atom. The van der Waals surface area contributed by atoms with Crippen LogP contribution in [0.4, 0.5) is 5.69 Å². The van der Waals surface area contributed by atoms with Gasteiger partial charge in [0, 0.05) is 5.69 Å². The van der Waals surface area contributed by atoms with E-state index < -0.39 is 12.1 Å². The quantitative estimate of drug-likeness (QED) is 0.505. The fraction of sp³-hybridized carbons (Fsp3) is 0.650. The first-order valence-electron chi connectivity index (χ1n) is 9.38. The summed E-state index contributed by atoms with van der Waals surface area (Å²) < 4.78 is 0. The molecule has 0 heterocycles. The molecule has 4 nitrogen and oxygen atoms in total. The molecule has 0 bridgehead atoms. The number of nitrogens with two attached hydrogens (primary N) is 1. The largest absolute Gasteiger partial charge is 0.391 e. The zero-order valence-corrected chi connectivity index (χ0v) is 15.3. The second kappa shape index (κ2) is 12.0. The van der Waals surface area contributed by atoms with Crippen LogP contribution < -0.4 is 11.1 Å². The third kappa shape index (κ3) is 8.46. The topological polar surface area (TPSA) is 75.4 Å². The molecular weight excluding hydrogens is 300 g/mol. The van der Waals surface area contributed by atoms with Crippen molar-refractivity contribution in [3.63, 3.8) is 0 Å². The van der Waals surface area contributed by atoms with Crippen LogP contribution in [0, 0.1) is 0 Å². The van der Waals surface area contributed by atoms with Crippen LogP contribution in [-0.4, -0.2) is 23.2 Å². The van der Waals surface area contributed by atoms with Crippen LogP contribution in [0.15, 0.2) is 24.3 Å². The number of nitrogens with one attached hydrogen (secondary N) is 1. The predicted octanol–water partition coefficient (Wildman–Crippen LogP) is 4.02. The van der Waals surface area contributed by atoms with Crippen molar-refractivity contribution in [3.05, 3.63) is 29.8 Å². The number of benzene rings is 1. The molecule has 0 aliphatic carbocycles. The van der Waals surface area contributed by atoms with Crippen LogP contribution in [-0.2, 0) is 11.2 Å². The van der Waals surface area contributed by atoms with Crippen LogP contribution in [0.3, 0.4) is 0 Å². The van der Waals surface area contributed by atoms with E-state index in [2.05, 4.69) is 12.2 Å². The Bertz CT molecular complexity index is 457. The number of amides is 1. The number of aryl methyl sites for hydroxylation is 1. The van der Waals surface area contributed by atoms with E-state index in [4.69, 9.17) is 5.73 Å². The molecule has 0 aromatic heterocycles. The maximum absolute atomic E-state index is 11.8. The molecule has 0 unspecified atom stereocenters. The van der Waals surface area contributed by atoms with Crippen LogP contribution in [0.5, 0.6) is 0 Å². The summed E-state index contributed by atoms with van der Waals surface area (Å²) in [5, 5.41) is 12.1. The van der Waals surface area contributed by atoms with Gasteiger partial charge >= 0.3 is 0 Å². The van der Waals surface area contributed by atoms with Crippen molar-refractivity contribution in [3.8, 4) is 0 Å². The van der Waals surface area contributed by atoms with Gasteiger partial charge in [0.1, 0.15) is 6.04 Å². The lowest BCUT2D eigenvalue weighted by Crippen LogP contribution is -2.43. The minimum Gasteiger partial charge on any atom is -0.391 e. The van der Waals surface area contributed by atoms with Gasteiger partial charge in [-0.3, -0.25) is 4.79 Å². The SMILES string of the molecule is CCCCCCCCCCc1ccc(NC(=O)[C@@H](N)[C@@H](C)O)cc1. The second-order valence-electron chi connectivity index (χ2n) is 6.68. The molecule has 136 valence electrons. The van der Waals surface area contributed by atoms with Crippen molar-refractivity contribution in [2.75, 3.05) is 5.32 Å². The molecule has 0 saturated heterocycles. The van der Waals surface area contributed by atoms with Crippen molar-refractivity contribution in [1.82, 2.24) is 0 Å². The average molecular weight is 335 g/mol. The highest BCUT2D eigenvalue weighted by atomic mass is 16.3. The van der Waals surface area contributed by atoms with Gasteiger partial charge in [0.05, 0.1) is 6.10 Å². The number of anilines is 1. The molecule has 0 fully saturated rings. The zero-order valence-electron chi connectivity index (χ0n) is 15.3. The van der Waals surface area contributed by atoms with Crippen LogP contribution >= 0.6 is 0 Å². The van der Waals surface area contributed by atoms with Gasteiger partial charge in [0.15, 0.2) is 0 Å². The standard InChI is InChI=1S/C20H34N2O2/c1-3-4-5-6-7-8-9-10-11-17-12-14-18(15-13-17)22-20(24)19(21)16(2)23/h12-16,19,23H,3-11,21H2,1-2H3,(H,22,24)/t16-,19+/m1/s1. The summed E-state index contributed by atoms with van der Waals surface area (Å²) >= 11 is 0. The average Bonchev–Trinajstić information content (AvgIpc) is 2.57. The highest BCUT2D eigenvalue weighted by molar-refractivity contribution is 5.95. The van der Waals surface area contributed by atoms with Gasteiger partial charge in [-0.05, 0) is 37.5 Å². The Morgan fingerprint density at radius 2 is 1.58 bits per heavy atom. The fourth-order valence-electron chi connectivity index (χ4n) is 2.66. The van der Waals surface area contributed by atoms with E-state index in [0.29, 0.717) is 0 Å². The minimum atomic E-state index is -0.901. The lowest BCUT2D eigenvalue weighted by atomic mass is 10.0. The first-order chi connectivity index (χ1) is 11.5. The van der Waals surface area contributed by atoms with Crippen LogP contribution in [0.2, 0.25) is 0 Å². The summed E-state index contributed by atoms with van der Waals surface area (Å²) in [5.74, 6) is -0.360. The summed E-state index contributed by atoms with van der Waals surface area (Å²) in [7, 11) is 0. The molecule has 1 amide bonds. The van der Waals surface area contributed by atoms with Gasteiger partial charge in [-0.15, -0.1) is 0 Å². The monoisotopic (exact) mass is 334 g/mol. The number of carbonyl (C=O) groups excluding carboxylic acids is 1. The number of aliphatic hydroxyl groups excluding tert-OH is 1. The lowest BCUT2D eigenvalue weighted by Gasteiger charge is -2.14. The van der Waals surface area contributed by atoms with Crippen LogP contribution in [0.1, 0.15) is 70.8 Å². The van der Waals surface area contributed by atoms with E-state index in [-0.39, 0.29) is 5.91 Å². The van der Waals surface area contributed by atoms with E-state index in [0.717, 1.165) is 12.1 Å². The third-order valence-corrected chi connectivity index (χ3v) is 4.36. The lowest BCUT2D eigenvalue weighted by molar-refractivity contribution is -0.119. The summed E-state index contributed by atoms with van der Waals surface area (Å²) in [6, 6.07) is 6.98. The molecule has 0 saturated carbocycles. The zero-order chi connectivity index (χ0) is 17.8. The van der Waals surface area contributed by atoms with Gasteiger partial charge in [-0.1, -0.05) is 64.0 Å². The first kappa shape index (κ1) is 20.7. The Balaban J connectivity index is 2.21. The van der Waals surface area contributed by atoms with Gasteiger partial charge in [-0.25, -0.2) is 0 Å². The molecule has 4 heteroatoms. The molecule has 0 aliphatic heterocycles. The van der Waals surface area contributed by atoms with Crippen molar-refractivity contribution in [2.45, 2.75) is 83.8 Å². The summed E-state index contributed by atoms with van der Waals surface area (Å²) in [6.07, 6.45) is 10.8. The van der Waals surface area contributed by atoms with Gasteiger partial charge < -0.3 is 16.2 Å². The van der Waals surface area contributed by atoms with Crippen molar-refractivity contribution < 1.29 is 9.90 Å². The van der Waals surface area contributed by atoms with E-state index in [1.807, 2.05) is 24.3 Å². The predicted molar refractivity (Wildman–Crippen MR) is 101 cm³/mol. The summed E-state index contributed by atoms with van der Waals surface area (Å²) in [4.78, 5) is 11.8. The number of rotatable bonds is 12. The Hall–Kier alpha value is -1.39. The molecular formula is C20H34N2O2. The second-order valence-corrected chi connectivity index (χ2v) is 6.68. The summed E-state index contributed by atoms with van der Waals surface area (Å²) in [5.41, 5.74) is 7.62. The first-order valence-corrected chi connectivity index (χ1v) is 9.38. The molecule has 0 aliphatic rings. The van der Waals surface area contributed by atoms with Crippen molar-refractivity contribution in [2.24, 2.45) is 5.73 Å². The Morgan fingerprint density at radius 1 is 1.04 bits per heavy atom. The number of unbranched alkanes of at least 4 members (excludes halogenated alkanes) is 7. The number of hydrogen-bond acceptors (Lipinski definition) is 3.